The Morgan fingerprint density at radius 2 is 2.33 bits per heavy atom. The molecule has 0 radical (unpaired) electrons. The van der Waals surface area contributed by atoms with Gasteiger partial charge in [-0.25, -0.2) is 4.79 Å². The lowest BCUT2D eigenvalue weighted by Crippen LogP contribution is -1.91. The normalized spacial score (nSPS) is 15.8. The summed E-state index contributed by atoms with van der Waals surface area (Å²) in [6.07, 6.45) is 8.39. The average molecular weight is 246 g/mol. The minimum Gasteiger partial charge on any atom is -0.465 e. The summed E-state index contributed by atoms with van der Waals surface area (Å²) in [5.41, 5.74) is 3.53. The first-order valence-corrected chi connectivity index (χ1v) is 6.22. The van der Waals surface area contributed by atoms with Crippen molar-refractivity contribution in [1.29, 1.82) is 0 Å². The van der Waals surface area contributed by atoms with E-state index in [0.29, 0.717) is 6.61 Å². The van der Waals surface area contributed by atoms with Crippen LogP contribution in [0.4, 0.5) is 0 Å². The molecule has 18 heavy (non-hydrogen) atoms. The minimum atomic E-state index is -0.205. The lowest BCUT2D eigenvalue weighted by Gasteiger charge is -2.01. The Morgan fingerprint density at radius 3 is 2.94 bits per heavy atom. The highest BCUT2D eigenvalue weighted by Gasteiger charge is 2.11. The second-order valence-electron chi connectivity index (χ2n) is 4.78. The second-order valence-corrected chi connectivity index (χ2v) is 4.78. The van der Waals surface area contributed by atoms with Gasteiger partial charge in [0.15, 0.2) is 0 Å². The highest BCUT2D eigenvalue weighted by molar-refractivity contribution is 5.85. The van der Waals surface area contributed by atoms with Gasteiger partial charge in [0.25, 0.3) is 0 Å². The van der Waals surface area contributed by atoms with Crippen LogP contribution < -0.4 is 0 Å². The van der Waals surface area contributed by atoms with Crippen molar-refractivity contribution in [2.45, 2.75) is 33.1 Å². The molecule has 0 saturated heterocycles. The number of rotatable bonds is 5. The standard InChI is InChI=1S/C15H18O3/c1-11(6-14-7-12(2)9-17-14)4-3-5-13-8-15(16)18-10-13/h6-9H,3-5,10H2,1-2H3/b11-6+. The molecule has 1 aliphatic heterocycles. The Bertz CT molecular complexity index is 492. The van der Waals surface area contributed by atoms with Crippen LogP contribution in [0.15, 0.2) is 34.0 Å². The van der Waals surface area contributed by atoms with Gasteiger partial charge in [-0.15, -0.1) is 0 Å². The van der Waals surface area contributed by atoms with Gasteiger partial charge in [-0.3, -0.25) is 0 Å². The maximum Gasteiger partial charge on any atom is 0.331 e. The van der Waals surface area contributed by atoms with Crippen LogP contribution >= 0.6 is 0 Å². The Hall–Kier alpha value is -1.77. The van der Waals surface area contributed by atoms with E-state index in [9.17, 15) is 4.79 Å². The van der Waals surface area contributed by atoms with Crippen LogP contribution in [-0.2, 0) is 9.53 Å². The zero-order valence-electron chi connectivity index (χ0n) is 10.9. The van der Waals surface area contributed by atoms with E-state index in [0.717, 1.165) is 36.2 Å². The summed E-state index contributed by atoms with van der Waals surface area (Å²) in [7, 11) is 0. The van der Waals surface area contributed by atoms with Gasteiger partial charge in [0.05, 0.1) is 6.26 Å². The molecule has 1 aromatic rings. The van der Waals surface area contributed by atoms with Crippen LogP contribution in [0.25, 0.3) is 6.08 Å². The fourth-order valence-corrected chi connectivity index (χ4v) is 2.00. The Kier molecular flexibility index (Phi) is 4.03. The maximum absolute atomic E-state index is 10.9. The minimum absolute atomic E-state index is 0.205. The molecule has 0 spiro atoms. The Morgan fingerprint density at radius 1 is 1.50 bits per heavy atom. The molecule has 2 heterocycles. The van der Waals surface area contributed by atoms with Crippen LogP contribution in [0.2, 0.25) is 0 Å². The monoisotopic (exact) mass is 246 g/mol. The molecule has 96 valence electrons. The molecular formula is C15H18O3. The van der Waals surface area contributed by atoms with Crippen molar-refractivity contribution < 1.29 is 13.9 Å². The number of carbonyl (C=O) groups excluding carboxylic acids is 1. The van der Waals surface area contributed by atoms with E-state index in [1.807, 2.05) is 13.0 Å². The maximum atomic E-state index is 10.9. The third-order valence-corrected chi connectivity index (χ3v) is 2.93. The number of furan rings is 1. The quantitative estimate of drug-likeness (QED) is 0.744. The van der Waals surface area contributed by atoms with Crippen LogP contribution in [0.5, 0.6) is 0 Å². The number of ether oxygens (including phenoxy) is 1. The summed E-state index contributed by atoms with van der Waals surface area (Å²) in [5, 5.41) is 0. The van der Waals surface area contributed by atoms with E-state index in [4.69, 9.17) is 9.15 Å². The number of allylic oxidation sites excluding steroid dienone is 1. The molecule has 0 aliphatic carbocycles. The molecule has 0 fully saturated rings. The molecule has 0 amide bonds. The molecular weight excluding hydrogens is 228 g/mol. The van der Waals surface area contributed by atoms with Gasteiger partial charge in [0, 0.05) is 6.08 Å². The van der Waals surface area contributed by atoms with Crippen LogP contribution in [0, 0.1) is 6.92 Å². The van der Waals surface area contributed by atoms with Crippen molar-refractivity contribution in [3.63, 3.8) is 0 Å². The van der Waals surface area contributed by atoms with Crippen LogP contribution in [0.1, 0.15) is 37.5 Å². The summed E-state index contributed by atoms with van der Waals surface area (Å²) in [6, 6.07) is 2.02. The van der Waals surface area contributed by atoms with Crippen molar-refractivity contribution in [2.24, 2.45) is 0 Å². The first kappa shape index (κ1) is 12.7. The number of cyclic esters (lactones) is 1. The van der Waals surface area contributed by atoms with Crippen molar-refractivity contribution in [2.75, 3.05) is 6.61 Å². The first-order valence-electron chi connectivity index (χ1n) is 6.22. The highest BCUT2D eigenvalue weighted by atomic mass is 16.5. The predicted molar refractivity (Wildman–Crippen MR) is 70.0 cm³/mol. The fraction of sp³-hybridized carbons (Fsp3) is 0.400. The van der Waals surface area contributed by atoms with E-state index < -0.39 is 0 Å². The molecule has 1 aliphatic rings. The number of hydrogen-bond donors (Lipinski definition) is 0. The summed E-state index contributed by atoms with van der Waals surface area (Å²) in [5.74, 6) is 0.701. The number of hydrogen-bond acceptors (Lipinski definition) is 3. The van der Waals surface area contributed by atoms with Crippen molar-refractivity contribution in [3.8, 4) is 0 Å². The molecule has 0 atom stereocenters. The largest absolute Gasteiger partial charge is 0.465 e. The van der Waals surface area contributed by atoms with Crippen molar-refractivity contribution >= 4 is 12.0 Å². The van der Waals surface area contributed by atoms with Gasteiger partial charge >= 0.3 is 5.97 Å². The van der Waals surface area contributed by atoms with Gasteiger partial charge in [-0.05, 0) is 56.4 Å². The van der Waals surface area contributed by atoms with Gasteiger partial charge in [0.2, 0.25) is 0 Å². The molecule has 1 aromatic heterocycles. The van der Waals surface area contributed by atoms with Gasteiger partial charge < -0.3 is 9.15 Å². The fourth-order valence-electron chi connectivity index (χ4n) is 2.00. The average Bonchev–Trinajstić information content (AvgIpc) is 2.88. The summed E-state index contributed by atoms with van der Waals surface area (Å²) in [6.45, 7) is 4.58. The zero-order valence-corrected chi connectivity index (χ0v) is 10.9. The molecule has 2 rings (SSSR count). The van der Waals surface area contributed by atoms with E-state index in [1.54, 1.807) is 12.3 Å². The van der Waals surface area contributed by atoms with E-state index in [1.165, 1.54) is 5.57 Å². The van der Waals surface area contributed by atoms with Crippen molar-refractivity contribution in [3.05, 3.63) is 40.9 Å². The molecule has 0 N–H and O–H groups in total. The molecule has 0 bridgehead atoms. The summed E-state index contributed by atoms with van der Waals surface area (Å²) in [4.78, 5) is 10.9. The number of aryl methyl sites for hydroxylation is 1. The molecule has 3 nitrogen and oxygen atoms in total. The van der Waals surface area contributed by atoms with Crippen molar-refractivity contribution in [1.82, 2.24) is 0 Å². The lowest BCUT2D eigenvalue weighted by molar-refractivity contribution is -0.134. The molecule has 0 aromatic carbocycles. The predicted octanol–water partition coefficient (Wildman–Crippen LogP) is 3.64. The van der Waals surface area contributed by atoms with Crippen LogP contribution in [-0.4, -0.2) is 12.6 Å². The number of esters is 1. The lowest BCUT2D eigenvalue weighted by atomic mass is 10.1. The van der Waals surface area contributed by atoms with Crippen LogP contribution in [0.3, 0.4) is 0 Å². The molecule has 0 unspecified atom stereocenters. The Labute approximate surface area is 107 Å². The highest BCUT2D eigenvalue weighted by Crippen LogP contribution is 2.18. The zero-order chi connectivity index (χ0) is 13.0. The second kappa shape index (κ2) is 5.71. The first-order chi connectivity index (χ1) is 8.63. The van der Waals surface area contributed by atoms with E-state index >= 15 is 0 Å². The SMILES string of the molecule is C/C(=C\c1cc(C)co1)CCCC1=CC(=O)OC1. The van der Waals surface area contributed by atoms with Gasteiger partial charge in [-0.2, -0.15) is 0 Å². The summed E-state index contributed by atoms with van der Waals surface area (Å²) < 4.78 is 10.2. The van der Waals surface area contributed by atoms with E-state index in [-0.39, 0.29) is 5.97 Å². The molecule has 0 saturated carbocycles. The third-order valence-electron chi connectivity index (χ3n) is 2.93. The third kappa shape index (κ3) is 3.62. The number of carbonyl (C=O) groups is 1. The Balaban J connectivity index is 1.78. The summed E-state index contributed by atoms with van der Waals surface area (Å²) >= 11 is 0. The topological polar surface area (TPSA) is 39.4 Å². The smallest absolute Gasteiger partial charge is 0.331 e. The van der Waals surface area contributed by atoms with Gasteiger partial charge in [-0.1, -0.05) is 5.57 Å². The van der Waals surface area contributed by atoms with Gasteiger partial charge in [0.1, 0.15) is 12.4 Å². The molecule has 3 heteroatoms. The van der Waals surface area contributed by atoms with E-state index in [2.05, 4.69) is 13.0 Å².